The van der Waals surface area contributed by atoms with Gasteiger partial charge in [-0.25, -0.2) is 0 Å². The van der Waals surface area contributed by atoms with E-state index in [1.54, 1.807) is 80.8 Å². The number of aromatic nitrogens is 1. The Hall–Kier alpha value is -4.73. The van der Waals surface area contributed by atoms with E-state index < -0.39 is 35.6 Å². The molecule has 38 heavy (non-hydrogen) atoms. The average molecular weight is 517 g/mol. The number of hydrogen-bond acceptors (Lipinski definition) is 7. The Labute approximate surface area is 220 Å². The van der Waals surface area contributed by atoms with E-state index in [0.29, 0.717) is 28.4 Å². The molecule has 0 bridgehead atoms. The lowest BCUT2D eigenvalue weighted by atomic mass is 9.99. The van der Waals surface area contributed by atoms with Crippen LogP contribution in [-0.4, -0.2) is 59.7 Å². The standard InChI is InChI=1S/C28H28N4O6/c1-28(2,27(36)30-21-12-11-19(37-3)14-23(21)38-4)32(16-18-8-7-13-29-15-18)24(33)17-31-22-10-6-5-9-20(22)25(34)26(31)35/h5-15H,16-17H2,1-4H3,(H,30,36). The monoisotopic (exact) mass is 516 g/mol. The summed E-state index contributed by atoms with van der Waals surface area (Å²) < 4.78 is 10.6. The van der Waals surface area contributed by atoms with Crippen LogP contribution in [0, 0.1) is 0 Å². The molecule has 0 atom stereocenters. The van der Waals surface area contributed by atoms with Gasteiger partial charge in [-0.05, 0) is 49.7 Å². The van der Waals surface area contributed by atoms with Gasteiger partial charge in [0, 0.05) is 25.0 Å². The summed E-state index contributed by atoms with van der Waals surface area (Å²) in [6.45, 7) is 2.85. The molecule has 1 N–H and O–H groups in total. The van der Waals surface area contributed by atoms with E-state index in [2.05, 4.69) is 10.3 Å². The fourth-order valence-electron chi connectivity index (χ4n) is 4.20. The quantitative estimate of drug-likeness (QED) is 0.434. The maximum absolute atomic E-state index is 13.8. The Balaban J connectivity index is 1.64. The summed E-state index contributed by atoms with van der Waals surface area (Å²) >= 11 is 0. The lowest BCUT2D eigenvalue weighted by Gasteiger charge is -2.38. The van der Waals surface area contributed by atoms with Crippen molar-refractivity contribution in [2.75, 3.05) is 31.0 Å². The molecule has 2 aromatic carbocycles. The predicted molar refractivity (Wildman–Crippen MR) is 140 cm³/mol. The van der Waals surface area contributed by atoms with Crippen LogP contribution in [-0.2, 0) is 20.9 Å². The van der Waals surface area contributed by atoms with Gasteiger partial charge in [-0.15, -0.1) is 0 Å². The van der Waals surface area contributed by atoms with Crippen LogP contribution in [0.5, 0.6) is 11.5 Å². The largest absolute Gasteiger partial charge is 0.497 e. The Morgan fingerprint density at radius 2 is 1.79 bits per heavy atom. The molecule has 0 spiro atoms. The summed E-state index contributed by atoms with van der Waals surface area (Å²) in [6.07, 6.45) is 3.20. The first kappa shape index (κ1) is 26.3. The van der Waals surface area contributed by atoms with Gasteiger partial charge in [0.25, 0.3) is 11.7 Å². The summed E-state index contributed by atoms with van der Waals surface area (Å²) in [4.78, 5) is 59.2. The maximum Gasteiger partial charge on any atom is 0.299 e. The summed E-state index contributed by atoms with van der Waals surface area (Å²) in [5, 5.41) is 2.84. The second-order valence-corrected chi connectivity index (χ2v) is 9.16. The summed E-state index contributed by atoms with van der Waals surface area (Å²) in [6, 6.07) is 15.0. The van der Waals surface area contributed by atoms with Crippen molar-refractivity contribution >= 4 is 34.9 Å². The molecule has 0 radical (unpaired) electrons. The number of anilines is 2. The molecule has 1 aromatic heterocycles. The number of rotatable bonds is 9. The Kier molecular flexibility index (Phi) is 7.43. The topological polar surface area (TPSA) is 118 Å². The Morgan fingerprint density at radius 1 is 1.03 bits per heavy atom. The highest BCUT2D eigenvalue weighted by Gasteiger charge is 2.42. The van der Waals surface area contributed by atoms with Crippen LogP contribution in [0.1, 0.15) is 29.8 Å². The second kappa shape index (κ2) is 10.7. The first-order valence-corrected chi connectivity index (χ1v) is 11.9. The highest BCUT2D eigenvalue weighted by molar-refractivity contribution is 6.52. The first-order valence-electron chi connectivity index (χ1n) is 11.9. The smallest absolute Gasteiger partial charge is 0.299 e. The van der Waals surface area contributed by atoms with Crippen molar-refractivity contribution < 1.29 is 28.7 Å². The molecular formula is C28H28N4O6. The third kappa shape index (κ3) is 5.06. The SMILES string of the molecule is COc1ccc(NC(=O)C(C)(C)N(Cc2cccnc2)C(=O)CN2C(=O)C(=O)c3ccccc32)c(OC)c1. The van der Waals surface area contributed by atoms with Crippen LogP contribution in [0.25, 0.3) is 0 Å². The summed E-state index contributed by atoms with van der Waals surface area (Å²) in [5.74, 6) is -1.52. The van der Waals surface area contributed by atoms with Gasteiger partial charge in [0.15, 0.2) is 0 Å². The van der Waals surface area contributed by atoms with Crippen LogP contribution < -0.4 is 19.7 Å². The molecular weight excluding hydrogens is 488 g/mol. The van der Waals surface area contributed by atoms with E-state index in [0.717, 1.165) is 4.90 Å². The number of hydrogen-bond donors (Lipinski definition) is 1. The zero-order chi connectivity index (χ0) is 27.4. The van der Waals surface area contributed by atoms with Crippen molar-refractivity contribution in [3.05, 3.63) is 78.1 Å². The molecule has 0 saturated heterocycles. The molecule has 10 heteroatoms. The number of pyridine rings is 1. The van der Waals surface area contributed by atoms with Gasteiger partial charge in [-0.2, -0.15) is 0 Å². The van der Waals surface area contributed by atoms with E-state index in [1.165, 1.54) is 19.1 Å². The fourth-order valence-corrected chi connectivity index (χ4v) is 4.20. The normalized spacial score (nSPS) is 12.7. The molecule has 4 rings (SSSR count). The Morgan fingerprint density at radius 3 is 2.47 bits per heavy atom. The minimum atomic E-state index is -1.38. The summed E-state index contributed by atoms with van der Waals surface area (Å²) in [5.41, 5.74) is 0.307. The average Bonchev–Trinajstić information content (AvgIpc) is 3.17. The lowest BCUT2D eigenvalue weighted by Crippen LogP contribution is -2.57. The zero-order valence-corrected chi connectivity index (χ0v) is 21.6. The molecule has 196 valence electrons. The van der Waals surface area contributed by atoms with E-state index in [9.17, 15) is 19.2 Å². The fraction of sp³-hybridized carbons (Fsp3) is 0.250. The molecule has 0 unspecified atom stereocenters. The number of para-hydroxylation sites is 1. The van der Waals surface area contributed by atoms with Gasteiger partial charge >= 0.3 is 0 Å². The van der Waals surface area contributed by atoms with Gasteiger partial charge in [0.2, 0.25) is 11.8 Å². The number of ketones is 1. The van der Waals surface area contributed by atoms with Crippen molar-refractivity contribution in [3.63, 3.8) is 0 Å². The van der Waals surface area contributed by atoms with Crippen LogP contribution in [0.15, 0.2) is 67.0 Å². The third-order valence-corrected chi connectivity index (χ3v) is 6.42. The van der Waals surface area contributed by atoms with Gasteiger partial charge in [0.05, 0.1) is 31.2 Å². The van der Waals surface area contributed by atoms with Crippen molar-refractivity contribution in [1.29, 1.82) is 0 Å². The number of methoxy groups -OCH3 is 2. The van der Waals surface area contributed by atoms with Crippen LogP contribution >= 0.6 is 0 Å². The number of benzene rings is 2. The van der Waals surface area contributed by atoms with E-state index in [1.807, 2.05) is 0 Å². The number of carbonyl (C=O) groups excluding carboxylic acids is 4. The van der Waals surface area contributed by atoms with E-state index in [4.69, 9.17) is 9.47 Å². The van der Waals surface area contributed by atoms with Crippen molar-refractivity contribution in [2.24, 2.45) is 0 Å². The highest BCUT2D eigenvalue weighted by Crippen LogP contribution is 2.32. The number of ether oxygens (including phenoxy) is 2. The maximum atomic E-state index is 13.8. The van der Waals surface area contributed by atoms with Gasteiger partial charge in [-0.1, -0.05) is 18.2 Å². The number of fused-ring (bicyclic) bond motifs is 1. The molecule has 3 aromatic rings. The predicted octanol–water partition coefficient (Wildman–Crippen LogP) is 3.07. The molecule has 2 heterocycles. The van der Waals surface area contributed by atoms with Crippen LogP contribution in [0.2, 0.25) is 0 Å². The number of Topliss-reactive ketones (excluding diaryl/α,β-unsaturated/α-hetero) is 1. The minimum Gasteiger partial charge on any atom is -0.497 e. The second-order valence-electron chi connectivity index (χ2n) is 9.16. The van der Waals surface area contributed by atoms with Crippen LogP contribution in [0.3, 0.4) is 0 Å². The number of carbonyl (C=O) groups is 4. The Bertz CT molecular complexity index is 1390. The first-order chi connectivity index (χ1) is 18.2. The van der Waals surface area contributed by atoms with E-state index >= 15 is 0 Å². The molecule has 0 fully saturated rings. The molecule has 10 nitrogen and oxygen atoms in total. The number of nitrogens with one attached hydrogen (secondary N) is 1. The van der Waals surface area contributed by atoms with Gasteiger partial charge in [0.1, 0.15) is 23.6 Å². The number of amides is 3. The highest BCUT2D eigenvalue weighted by atomic mass is 16.5. The van der Waals surface area contributed by atoms with E-state index in [-0.39, 0.29) is 12.1 Å². The van der Waals surface area contributed by atoms with Crippen LogP contribution in [0.4, 0.5) is 11.4 Å². The van der Waals surface area contributed by atoms with Crippen molar-refractivity contribution in [1.82, 2.24) is 9.88 Å². The molecule has 0 saturated carbocycles. The molecule has 3 amide bonds. The summed E-state index contributed by atoms with van der Waals surface area (Å²) in [7, 11) is 3.00. The van der Waals surface area contributed by atoms with Gasteiger partial charge < -0.3 is 19.7 Å². The zero-order valence-electron chi connectivity index (χ0n) is 21.6. The van der Waals surface area contributed by atoms with Crippen molar-refractivity contribution in [3.8, 4) is 11.5 Å². The molecule has 0 aliphatic carbocycles. The molecule has 1 aliphatic rings. The minimum absolute atomic E-state index is 0.0461. The van der Waals surface area contributed by atoms with Crippen molar-refractivity contribution in [2.45, 2.75) is 25.9 Å². The molecule has 1 aliphatic heterocycles. The number of nitrogens with zero attached hydrogens (tertiary/aromatic N) is 3. The van der Waals surface area contributed by atoms with Gasteiger partial charge in [-0.3, -0.25) is 29.1 Å². The lowest BCUT2D eigenvalue weighted by molar-refractivity contribution is -0.143. The third-order valence-electron chi connectivity index (χ3n) is 6.42.